The normalized spacial score (nSPS) is 11.3. The molecule has 0 saturated carbocycles. The lowest BCUT2D eigenvalue weighted by atomic mass is 10.4. The van der Waals surface area contributed by atoms with Gasteiger partial charge in [-0.15, -0.1) is 0 Å². The van der Waals surface area contributed by atoms with E-state index in [1.807, 2.05) is 0 Å². The summed E-state index contributed by atoms with van der Waals surface area (Å²) in [5.74, 6) is 1.03. The number of rotatable bonds is 4. The van der Waals surface area contributed by atoms with Crippen molar-refractivity contribution in [2.75, 3.05) is 30.9 Å². The van der Waals surface area contributed by atoms with Crippen LogP contribution in [0.2, 0.25) is 0 Å². The largest absolute Gasteiger partial charge is 0.390 e. The Bertz CT molecular complexity index is 340. The van der Waals surface area contributed by atoms with Crippen molar-refractivity contribution in [3.05, 3.63) is 12.4 Å². The Hall–Kier alpha value is -1.53. The van der Waals surface area contributed by atoms with E-state index in [2.05, 4.69) is 15.3 Å². The first-order valence-corrected chi connectivity index (χ1v) is 4.70. The Morgan fingerprint density at radius 3 is 2.62 bits per heavy atom. The molecular weight excluding hydrogens is 221 g/mol. The zero-order valence-electron chi connectivity index (χ0n) is 9.04. The highest BCUT2D eigenvalue weighted by atomic mass is 19.4. The fourth-order valence-corrected chi connectivity index (χ4v) is 1.10. The highest BCUT2D eigenvalue weighted by molar-refractivity contribution is 5.47. The molecule has 0 fully saturated rings. The predicted octanol–water partition coefficient (Wildman–Crippen LogP) is 1.91. The lowest BCUT2D eigenvalue weighted by molar-refractivity contribution is -0.132. The molecule has 0 unspecified atom stereocenters. The minimum absolute atomic E-state index is 0.121. The van der Waals surface area contributed by atoms with Gasteiger partial charge in [0.25, 0.3) is 0 Å². The minimum atomic E-state index is -4.15. The van der Waals surface area contributed by atoms with Crippen LogP contribution in [0.1, 0.15) is 6.42 Å². The molecule has 1 N–H and O–H groups in total. The van der Waals surface area contributed by atoms with Crippen molar-refractivity contribution in [2.24, 2.45) is 0 Å². The molecule has 1 aromatic heterocycles. The van der Waals surface area contributed by atoms with E-state index in [4.69, 9.17) is 0 Å². The molecule has 0 aliphatic heterocycles. The van der Waals surface area contributed by atoms with Crippen molar-refractivity contribution >= 4 is 11.6 Å². The second kappa shape index (κ2) is 5.00. The fraction of sp³-hybridized carbons (Fsp3) is 0.556. The standard InChI is InChI=1S/C9H13F3N4/c1-13-7-5-8(15-6-14-7)16(2)4-3-9(10,11)12/h5-6H,3-4H2,1-2H3,(H,13,14,15). The maximum atomic E-state index is 12.0. The summed E-state index contributed by atoms with van der Waals surface area (Å²) in [5, 5.41) is 2.79. The molecule has 0 amide bonds. The van der Waals surface area contributed by atoms with Crippen molar-refractivity contribution in [3.8, 4) is 0 Å². The van der Waals surface area contributed by atoms with E-state index in [1.54, 1.807) is 20.2 Å². The van der Waals surface area contributed by atoms with Crippen molar-refractivity contribution in [3.63, 3.8) is 0 Å². The number of hydrogen-bond acceptors (Lipinski definition) is 4. The van der Waals surface area contributed by atoms with Gasteiger partial charge in [-0.05, 0) is 0 Å². The van der Waals surface area contributed by atoms with Gasteiger partial charge >= 0.3 is 6.18 Å². The van der Waals surface area contributed by atoms with Gasteiger partial charge in [-0.1, -0.05) is 0 Å². The van der Waals surface area contributed by atoms with Crippen LogP contribution < -0.4 is 10.2 Å². The Labute approximate surface area is 91.5 Å². The number of hydrogen-bond donors (Lipinski definition) is 1. The maximum absolute atomic E-state index is 12.0. The highest BCUT2D eigenvalue weighted by Crippen LogP contribution is 2.21. The third kappa shape index (κ3) is 3.92. The van der Waals surface area contributed by atoms with E-state index >= 15 is 0 Å². The van der Waals surface area contributed by atoms with Crippen LogP contribution in [0, 0.1) is 0 Å². The smallest absolute Gasteiger partial charge is 0.373 e. The van der Waals surface area contributed by atoms with E-state index in [0.717, 1.165) is 0 Å². The van der Waals surface area contributed by atoms with Crippen molar-refractivity contribution in [2.45, 2.75) is 12.6 Å². The predicted molar refractivity (Wildman–Crippen MR) is 55.5 cm³/mol. The molecular formula is C9H13F3N4. The topological polar surface area (TPSA) is 41.0 Å². The summed E-state index contributed by atoms with van der Waals surface area (Å²) >= 11 is 0. The van der Waals surface area contributed by atoms with E-state index in [9.17, 15) is 13.2 Å². The third-order valence-corrected chi connectivity index (χ3v) is 2.03. The number of halogens is 3. The van der Waals surface area contributed by atoms with Crippen molar-refractivity contribution in [1.29, 1.82) is 0 Å². The summed E-state index contributed by atoms with van der Waals surface area (Å²) in [4.78, 5) is 9.21. The van der Waals surface area contributed by atoms with Gasteiger partial charge in [0, 0.05) is 26.7 Å². The van der Waals surface area contributed by atoms with Crippen LogP contribution in [0.25, 0.3) is 0 Å². The van der Waals surface area contributed by atoms with Gasteiger partial charge in [0.05, 0.1) is 6.42 Å². The Balaban J connectivity index is 2.62. The summed E-state index contributed by atoms with van der Waals surface area (Å²) in [6.07, 6.45) is -3.69. The lowest BCUT2D eigenvalue weighted by Crippen LogP contribution is -2.24. The molecule has 1 rings (SSSR count). The van der Waals surface area contributed by atoms with E-state index < -0.39 is 12.6 Å². The molecule has 0 atom stereocenters. The van der Waals surface area contributed by atoms with Gasteiger partial charge in [-0.25, -0.2) is 9.97 Å². The summed E-state index contributed by atoms with van der Waals surface area (Å²) < 4.78 is 36.0. The van der Waals surface area contributed by atoms with E-state index in [0.29, 0.717) is 11.6 Å². The molecule has 0 spiro atoms. The van der Waals surface area contributed by atoms with E-state index in [1.165, 1.54) is 11.2 Å². The van der Waals surface area contributed by atoms with Crippen LogP contribution in [-0.2, 0) is 0 Å². The minimum Gasteiger partial charge on any atom is -0.373 e. The summed E-state index contributed by atoms with van der Waals surface area (Å²) in [6, 6.07) is 1.59. The molecule has 16 heavy (non-hydrogen) atoms. The second-order valence-electron chi connectivity index (χ2n) is 3.30. The van der Waals surface area contributed by atoms with E-state index in [-0.39, 0.29) is 6.54 Å². The van der Waals surface area contributed by atoms with Crippen LogP contribution in [0.3, 0.4) is 0 Å². The first-order chi connectivity index (χ1) is 7.42. The molecule has 7 heteroatoms. The quantitative estimate of drug-likeness (QED) is 0.864. The highest BCUT2D eigenvalue weighted by Gasteiger charge is 2.27. The average molecular weight is 234 g/mol. The van der Waals surface area contributed by atoms with Crippen molar-refractivity contribution < 1.29 is 13.2 Å². The van der Waals surface area contributed by atoms with Gasteiger partial charge in [0.1, 0.15) is 18.0 Å². The molecule has 90 valence electrons. The fourth-order valence-electron chi connectivity index (χ4n) is 1.10. The second-order valence-corrected chi connectivity index (χ2v) is 3.30. The van der Waals surface area contributed by atoms with Gasteiger partial charge < -0.3 is 10.2 Å². The average Bonchev–Trinajstić information content (AvgIpc) is 2.25. The monoisotopic (exact) mass is 234 g/mol. The Morgan fingerprint density at radius 1 is 1.38 bits per heavy atom. The van der Waals surface area contributed by atoms with Crippen LogP contribution in [0.4, 0.5) is 24.8 Å². The molecule has 0 aliphatic carbocycles. The molecule has 0 aromatic carbocycles. The SMILES string of the molecule is CNc1cc(N(C)CCC(F)(F)F)ncn1. The summed E-state index contributed by atoms with van der Waals surface area (Å²) in [5.41, 5.74) is 0. The molecule has 0 saturated heterocycles. The number of nitrogens with zero attached hydrogens (tertiary/aromatic N) is 3. The number of anilines is 2. The molecule has 0 aliphatic rings. The maximum Gasteiger partial charge on any atom is 0.390 e. The van der Waals surface area contributed by atoms with Gasteiger partial charge in [-0.3, -0.25) is 0 Å². The zero-order chi connectivity index (χ0) is 12.2. The molecule has 1 heterocycles. The Kier molecular flexibility index (Phi) is 3.92. The Morgan fingerprint density at radius 2 is 2.06 bits per heavy atom. The number of nitrogens with one attached hydrogen (secondary N) is 1. The molecule has 4 nitrogen and oxygen atoms in total. The number of aromatic nitrogens is 2. The molecule has 0 bridgehead atoms. The summed E-state index contributed by atoms with van der Waals surface area (Å²) in [7, 11) is 3.25. The summed E-state index contributed by atoms with van der Waals surface area (Å²) in [6.45, 7) is -0.121. The van der Waals surface area contributed by atoms with Gasteiger partial charge in [0.15, 0.2) is 0 Å². The van der Waals surface area contributed by atoms with Crippen LogP contribution in [0.5, 0.6) is 0 Å². The van der Waals surface area contributed by atoms with Crippen LogP contribution in [0.15, 0.2) is 12.4 Å². The lowest BCUT2D eigenvalue weighted by Gasteiger charge is -2.19. The van der Waals surface area contributed by atoms with Crippen molar-refractivity contribution in [1.82, 2.24) is 9.97 Å². The first kappa shape index (κ1) is 12.5. The van der Waals surface area contributed by atoms with Gasteiger partial charge in [-0.2, -0.15) is 13.2 Å². The number of alkyl halides is 3. The molecule has 0 radical (unpaired) electrons. The molecule has 1 aromatic rings. The zero-order valence-corrected chi connectivity index (χ0v) is 9.04. The van der Waals surface area contributed by atoms with Crippen LogP contribution in [-0.4, -0.2) is 36.8 Å². The first-order valence-electron chi connectivity index (χ1n) is 4.70. The van der Waals surface area contributed by atoms with Crippen LogP contribution >= 0.6 is 0 Å². The van der Waals surface area contributed by atoms with Gasteiger partial charge in [0.2, 0.25) is 0 Å². The third-order valence-electron chi connectivity index (χ3n) is 2.03.